The minimum absolute atomic E-state index is 0.356. The molecule has 0 heterocycles. The van der Waals surface area contributed by atoms with Crippen LogP contribution in [-0.4, -0.2) is 32.2 Å². The molecule has 1 aliphatic carbocycles. The maximum atomic E-state index is 2.48. The number of hydrogen-bond acceptors (Lipinski definition) is 0. The second kappa shape index (κ2) is 6.26. The number of unbranched alkanes of at least 4 members (excludes halogenated alkanes) is 2. The van der Waals surface area contributed by atoms with E-state index in [0.29, 0.717) is 5.41 Å². The van der Waals surface area contributed by atoms with E-state index in [2.05, 4.69) is 54.9 Å². The lowest BCUT2D eigenvalue weighted by Crippen LogP contribution is -2.45. The van der Waals surface area contributed by atoms with Crippen molar-refractivity contribution in [2.45, 2.75) is 59.8 Å². The summed E-state index contributed by atoms with van der Waals surface area (Å²) in [5.74, 6) is 0. The van der Waals surface area contributed by atoms with Crippen molar-refractivity contribution >= 4 is 0 Å². The Kier molecular flexibility index (Phi) is 5.43. The summed E-state index contributed by atoms with van der Waals surface area (Å²) in [6.07, 6.45) is 8.97. The van der Waals surface area contributed by atoms with Gasteiger partial charge in [-0.2, -0.15) is 0 Å². The van der Waals surface area contributed by atoms with Crippen LogP contribution in [-0.2, 0) is 0 Å². The number of nitrogens with zero attached hydrogens (tertiary/aromatic N) is 1. The van der Waals surface area contributed by atoms with Gasteiger partial charge in [-0.3, -0.25) is 0 Å². The molecule has 0 amide bonds. The van der Waals surface area contributed by atoms with E-state index in [-0.39, 0.29) is 0 Å². The molecule has 0 spiro atoms. The van der Waals surface area contributed by atoms with Crippen LogP contribution in [0.5, 0.6) is 0 Å². The molecule has 0 aromatic carbocycles. The molecule has 0 aliphatic heterocycles. The van der Waals surface area contributed by atoms with Crippen molar-refractivity contribution in [3.05, 3.63) is 22.8 Å². The minimum atomic E-state index is 0.356. The molecule has 1 atom stereocenters. The van der Waals surface area contributed by atoms with Gasteiger partial charge < -0.3 is 4.48 Å². The SMILES string of the molecule is CCCCCC1=C(C)C=C(C)C[C@@]1(C)C[N+](C)(C)C. The molecule has 0 saturated heterocycles. The molecule has 0 radical (unpaired) electrons. The van der Waals surface area contributed by atoms with E-state index in [1.54, 1.807) is 11.1 Å². The normalized spacial score (nSPS) is 24.7. The van der Waals surface area contributed by atoms with E-state index in [9.17, 15) is 0 Å². The van der Waals surface area contributed by atoms with E-state index in [0.717, 1.165) is 4.48 Å². The van der Waals surface area contributed by atoms with Crippen molar-refractivity contribution in [2.75, 3.05) is 27.7 Å². The van der Waals surface area contributed by atoms with Crippen LogP contribution in [0.2, 0.25) is 0 Å². The van der Waals surface area contributed by atoms with Crippen molar-refractivity contribution in [3.63, 3.8) is 0 Å². The van der Waals surface area contributed by atoms with Gasteiger partial charge in [0.15, 0.2) is 0 Å². The van der Waals surface area contributed by atoms with Crippen LogP contribution in [0.25, 0.3) is 0 Å². The third-order valence-corrected chi connectivity index (χ3v) is 4.19. The van der Waals surface area contributed by atoms with E-state index in [1.807, 2.05) is 0 Å². The first kappa shape index (κ1) is 16.5. The van der Waals surface area contributed by atoms with Crippen LogP contribution in [0, 0.1) is 5.41 Å². The second-order valence-electron chi connectivity index (χ2n) is 7.80. The molecular formula is C18H34N+. The zero-order valence-electron chi connectivity index (χ0n) is 14.3. The van der Waals surface area contributed by atoms with Crippen LogP contribution in [0.1, 0.15) is 59.8 Å². The van der Waals surface area contributed by atoms with Crippen molar-refractivity contribution in [3.8, 4) is 0 Å². The lowest BCUT2D eigenvalue weighted by atomic mass is 9.69. The number of rotatable bonds is 6. The monoisotopic (exact) mass is 264 g/mol. The van der Waals surface area contributed by atoms with Crippen molar-refractivity contribution in [1.82, 2.24) is 0 Å². The lowest BCUT2D eigenvalue weighted by Gasteiger charge is -2.41. The molecule has 1 nitrogen and oxygen atoms in total. The quantitative estimate of drug-likeness (QED) is 0.470. The Morgan fingerprint density at radius 2 is 1.79 bits per heavy atom. The Hall–Kier alpha value is -0.560. The first-order valence-corrected chi connectivity index (χ1v) is 7.86. The Balaban J connectivity index is 2.97. The third kappa shape index (κ3) is 4.80. The highest BCUT2D eigenvalue weighted by Crippen LogP contribution is 2.43. The van der Waals surface area contributed by atoms with Gasteiger partial charge in [0.1, 0.15) is 0 Å². The van der Waals surface area contributed by atoms with Crippen LogP contribution in [0.3, 0.4) is 0 Å². The zero-order valence-corrected chi connectivity index (χ0v) is 14.3. The topological polar surface area (TPSA) is 0 Å². The molecule has 1 rings (SSSR count). The van der Waals surface area contributed by atoms with Crippen molar-refractivity contribution < 1.29 is 4.48 Å². The summed E-state index contributed by atoms with van der Waals surface area (Å²) in [6.45, 7) is 10.6. The molecule has 1 heteroatoms. The first-order chi connectivity index (χ1) is 8.68. The highest BCUT2D eigenvalue weighted by molar-refractivity contribution is 5.36. The summed E-state index contributed by atoms with van der Waals surface area (Å²) in [6, 6.07) is 0. The van der Waals surface area contributed by atoms with Crippen LogP contribution in [0.15, 0.2) is 22.8 Å². The summed E-state index contributed by atoms with van der Waals surface area (Å²) in [7, 11) is 6.95. The van der Waals surface area contributed by atoms with Gasteiger partial charge in [-0.05, 0) is 33.1 Å². The highest BCUT2D eigenvalue weighted by atomic mass is 15.3. The highest BCUT2D eigenvalue weighted by Gasteiger charge is 2.37. The molecule has 19 heavy (non-hydrogen) atoms. The summed E-state index contributed by atoms with van der Waals surface area (Å²) in [5, 5.41) is 0. The molecular weight excluding hydrogens is 230 g/mol. The predicted molar refractivity (Wildman–Crippen MR) is 86.2 cm³/mol. The summed E-state index contributed by atoms with van der Waals surface area (Å²) in [4.78, 5) is 0. The Morgan fingerprint density at radius 1 is 1.16 bits per heavy atom. The van der Waals surface area contributed by atoms with Crippen LogP contribution >= 0.6 is 0 Å². The molecule has 110 valence electrons. The fourth-order valence-electron chi connectivity index (χ4n) is 3.95. The Morgan fingerprint density at radius 3 is 2.32 bits per heavy atom. The molecule has 0 fully saturated rings. The van der Waals surface area contributed by atoms with Crippen molar-refractivity contribution in [2.24, 2.45) is 5.41 Å². The summed E-state index contributed by atoms with van der Waals surface area (Å²) < 4.78 is 1.05. The smallest absolute Gasteiger partial charge is 0.0875 e. The van der Waals surface area contributed by atoms with E-state index >= 15 is 0 Å². The fraction of sp³-hybridized carbons (Fsp3) is 0.778. The number of hydrogen-bond donors (Lipinski definition) is 0. The first-order valence-electron chi connectivity index (χ1n) is 7.86. The maximum absolute atomic E-state index is 2.48. The average Bonchev–Trinajstić information content (AvgIpc) is 2.18. The summed E-state index contributed by atoms with van der Waals surface area (Å²) in [5.41, 5.74) is 5.16. The van der Waals surface area contributed by atoms with Gasteiger partial charge in [-0.15, -0.1) is 0 Å². The predicted octanol–water partition coefficient (Wildman–Crippen LogP) is 4.95. The Labute approximate surface area is 121 Å². The second-order valence-corrected chi connectivity index (χ2v) is 7.80. The molecule has 0 saturated carbocycles. The van der Waals surface area contributed by atoms with Gasteiger partial charge in [0, 0.05) is 5.41 Å². The van der Waals surface area contributed by atoms with Gasteiger partial charge in [0.05, 0.1) is 27.7 Å². The number of allylic oxidation sites excluding steroid dienone is 3. The molecule has 0 aromatic heterocycles. The van der Waals surface area contributed by atoms with Gasteiger partial charge in [-0.1, -0.05) is 49.5 Å². The molecule has 0 unspecified atom stereocenters. The van der Waals surface area contributed by atoms with E-state index in [1.165, 1.54) is 44.2 Å². The molecule has 1 aliphatic rings. The van der Waals surface area contributed by atoms with Gasteiger partial charge >= 0.3 is 0 Å². The van der Waals surface area contributed by atoms with Crippen molar-refractivity contribution in [1.29, 1.82) is 0 Å². The van der Waals surface area contributed by atoms with Gasteiger partial charge in [0.2, 0.25) is 0 Å². The third-order valence-electron chi connectivity index (χ3n) is 4.19. The van der Waals surface area contributed by atoms with Crippen LogP contribution < -0.4 is 0 Å². The molecule has 0 aromatic rings. The van der Waals surface area contributed by atoms with E-state index < -0.39 is 0 Å². The average molecular weight is 264 g/mol. The minimum Gasteiger partial charge on any atom is -0.330 e. The molecule has 0 N–H and O–H groups in total. The fourth-order valence-corrected chi connectivity index (χ4v) is 3.95. The zero-order chi connectivity index (χ0) is 14.7. The maximum Gasteiger partial charge on any atom is 0.0875 e. The van der Waals surface area contributed by atoms with Crippen LogP contribution in [0.4, 0.5) is 0 Å². The largest absolute Gasteiger partial charge is 0.330 e. The number of quaternary nitrogens is 1. The Bertz CT molecular complexity index is 368. The lowest BCUT2D eigenvalue weighted by molar-refractivity contribution is -0.876. The standard InChI is InChI=1S/C18H34N/c1-8-9-10-11-17-16(3)12-15(2)13-18(17,4)14-19(5,6)7/h12H,8-11,13-14H2,1-7H3/q+1/t18-/m0/s1. The van der Waals surface area contributed by atoms with E-state index in [4.69, 9.17) is 0 Å². The molecule has 0 bridgehead atoms. The van der Waals surface area contributed by atoms with Gasteiger partial charge in [0.25, 0.3) is 0 Å². The summed E-state index contributed by atoms with van der Waals surface area (Å²) >= 11 is 0. The van der Waals surface area contributed by atoms with Gasteiger partial charge in [-0.25, -0.2) is 0 Å².